The third kappa shape index (κ3) is 3.30. The van der Waals surface area contributed by atoms with Crippen LogP contribution in [0.5, 0.6) is 0 Å². The molecule has 25 heavy (non-hydrogen) atoms. The molecule has 3 aromatic heterocycles. The molecule has 4 aromatic rings. The molecule has 5 nitrogen and oxygen atoms in total. The van der Waals surface area contributed by atoms with Crippen LogP contribution in [-0.2, 0) is 0 Å². The van der Waals surface area contributed by atoms with E-state index >= 15 is 0 Å². The number of aromatic nitrogens is 4. The number of halogens is 3. The summed E-state index contributed by atoms with van der Waals surface area (Å²) in [5.41, 5.74) is 1.70. The van der Waals surface area contributed by atoms with Crippen LogP contribution in [0, 0.1) is 6.92 Å². The molecule has 9 heteroatoms. The smallest absolute Gasteiger partial charge is 0.189 e. The minimum atomic E-state index is 0.412. The molecule has 0 aliphatic heterocycles. The summed E-state index contributed by atoms with van der Waals surface area (Å²) in [5.74, 6) is 1.20. The molecule has 0 fully saturated rings. The normalized spacial score (nSPS) is 11.2. The fraction of sp³-hybridized carbons (Fsp3) is 0.0625. The molecule has 0 aliphatic rings. The highest BCUT2D eigenvalue weighted by Gasteiger charge is 2.14. The Bertz CT molecular complexity index is 1090. The van der Waals surface area contributed by atoms with Crippen LogP contribution in [0.1, 0.15) is 5.69 Å². The summed E-state index contributed by atoms with van der Waals surface area (Å²) in [6.45, 7) is 1.89. The zero-order valence-electron chi connectivity index (χ0n) is 12.8. The molecule has 3 heterocycles. The summed E-state index contributed by atoms with van der Waals surface area (Å²) in [6, 6.07) is 9.12. The Morgan fingerprint density at radius 1 is 1.08 bits per heavy atom. The number of thiazole rings is 1. The maximum Gasteiger partial charge on any atom is 0.189 e. The first-order valence-corrected chi connectivity index (χ1v) is 9.16. The number of rotatable bonds is 3. The molecule has 1 N–H and O–H groups in total. The fourth-order valence-corrected chi connectivity index (χ4v) is 3.98. The second-order valence-electron chi connectivity index (χ2n) is 5.30. The molecule has 0 amide bonds. The number of hydrogen-bond acceptors (Lipinski definition) is 5. The van der Waals surface area contributed by atoms with Crippen LogP contribution >= 0.6 is 46.1 Å². The Morgan fingerprint density at radius 3 is 2.72 bits per heavy atom. The van der Waals surface area contributed by atoms with Crippen LogP contribution in [0.25, 0.3) is 16.0 Å². The van der Waals surface area contributed by atoms with Crippen molar-refractivity contribution in [2.24, 2.45) is 0 Å². The lowest BCUT2D eigenvalue weighted by atomic mass is 10.3. The van der Waals surface area contributed by atoms with Gasteiger partial charge in [-0.1, -0.05) is 46.1 Å². The van der Waals surface area contributed by atoms with Crippen LogP contribution in [0.4, 0.5) is 10.9 Å². The lowest BCUT2D eigenvalue weighted by Gasteiger charge is -2.08. The van der Waals surface area contributed by atoms with E-state index in [1.54, 1.807) is 10.7 Å². The number of benzene rings is 1. The van der Waals surface area contributed by atoms with Gasteiger partial charge in [0.1, 0.15) is 5.82 Å². The fourth-order valence-electron chi connectivity index (χ4n) is 2.37. The van der Waals surface area contributed by atoms with Crippen molar-refractivity contribution in [3.8, 4) is 5.82 Å². The molecule has 0 atom stereocenters. The number of anilines is 2. The summed E-state index contributed by atoms with van der Waals surface area (Å²) >= 11 is 19.7. The van der Waals surface area contributed by atoms with Crippen molar-refractivity contribution in [3.63, 3.8) is 0 Å². The predicted molar refractivity (Wildman–Crippen MR) is 104 cm³/mol. The first-order valence-electron chi connectivity index (χ1n) is 7.21. The zero-order valence-corrected chi connectivity index (χ0v) is 15.9. The number of nitrogens with zero attached hydrogens (tertiary/aromatic N) is 4. The van der Waals surface area contributed by atoms with Crippen molar-refractivity contribution in [2.75, 3.05) is 5.32 Å². The topological polar surface area (TPSA) is 55.6 Å². The molecule has 0 aliphatic carbocycles. The second kappa shape index (κ2) is 6.46. The molecular weight excluding hydrogens is 401 g/mol. The Labute approximate surface area is 162 Å². The van der Waals surface area contributed by atoms with Crippen molar-refractivity contribution in [2.45, 2.75) is 6.92 Å². The zero-order chi connectivity index (χ0) is 17.6. The van der Waals surface area contributed by atoms with E-state index in [2.05, 4.69) is 20.4 Å². The van der Waals surface area contributed by atoms with Crippen LogP contribution in [0.2, 0.25) is 15.1 Å². The van der Waals surface area contributed by atoms with Crippen molar-refractivity contribution in [3.05, 3.63) is 57.3 Å². The summed E-state index contributed by atoms with van der Waals surface area (Å²) in [4.78, 5) is 8.84. The first-order chi connectivity index (χ1) is 12.0. The van der Waals surface area contributed by atoms with Gasteiger partial charge in [0.05, 0.1) is 26.0 Å². The highest BCUT2D eigenvalue weighted by molar-refractivity contribution is 7.22. The highest BCUT2D eigenvalue weighted by Crippen LogP contribution is 2.32. The van der Waals surface area contributed by atoms with Gasteiger partial charge in [0.25, 0.3) is 0 Å². The number of hydrogen-bond donors (Lipinski definition) is 1. The molecule has 0 saturated heterocycles. The molecule has 0 spiro atoms. The van der Waals surface area contributed by atoms with E-state index in [-0.39, 0.29) is 0 Å². The van der Waals surface area contributed by atoms with E-state index in [0.717, 1.165) is 21.0 Å². The number of fused-ring (bicyclic) bond motifs is 1. The monoisotopic (exact) mass is 409 g/mol. The number of nitrogens with one attached hydrogen (secondary N) is 1. The van der Waals surface area contributed by atoms with Gasteiger partial charge >= 0.3 is 0 Å². The van der Waals surface area contributed by atoms with Gasteiger partial charge in [-0.05, 0) is 31.2 Å². The van der Waals surface area contributed by atoms with Gasteiger partial charge in [-0.3, -0.25) is 0 Å². The van der Waals surface area contributed by atoms with E-state index in [4.69, 9.17) is 34.8 Å². The maximum atomic E-state index is 6.27. The first kappa shape index (κ1) is 16.6. The molecule has 126 valence electrons. The summed E-state index contributed by atoms with van der Waals surface area (Å²) in [6.07, 6.45) is 1.53. The van der Waals surface area contributed by atoms with Crippen LogP contribution in [-0.4, -0.2) is 19.7 Å². The van der Waals surface area contributed by atoms with Gasteiger partial charge in [-0.15, -0.1) is 0 Å². The Kier molecular flexibility index (Phi) is 4.29. The maximum absolute atomic E-state index is 6.27. The second-order valence-corrected chi connectivity index (χ2v) is 7.61. The average Bonchev–Trinajstić information content (AvgIpc) is 3.10. The van der Waals surface area contributed by atoms with Gasteiger partial charge in [0.15, 0.2) is 10.9 Å². The lowest BCUT2D eigenvalue weighted by Crippen LogP contribution is -2.05. The Hall–Kier alpha value is -1.86. The number of aryl methyl sites for hydroxylation is 1. The largest absolute Gasteiger partial charge is 0.316 e. The Balaban J connectivity index is 1.75. The standard InChI is InChI=1S/C16H10Cl3N5S/c1-8-4-14(24(23-8)15-11(19)5-10(18)7-20-15)22-16-21-12-3-2-9(17)6-13(12)25-16/h2-7H,1H3,(H,21,22). The van der Waals surface area contributed by atoms with Crippen LogP contribution in [0.3, 0.4) is 0 Å². The summed E-state index contributed by atoms with van der Waals surface area (Å²) in [7, 11) is 0. The molecule has 1 aromatic carbocycles. The molecule has 0 unspecified atom stereocenters. The third-order valence-electron chi connectivity index (χ3n) is 3.41. The molecule has 0 bridgehead atoms. The van der Waals surface area contributed by atoms with E-state index in [1.165, 1.54) is 17.5 Å². The molecule has 0 saturated carbocycles. The van der Waals surface area contributed by atoms with Gasteiger partial charge < -0.3 is 5.32 Å². The minimum absolute atomic E-state index is 0.412. The number of pyridine rings is 1. The van der Waals surface area contributed by atoms with Crippen molar-refractivity contribution < 1.29 is 0 Å². The van der Waals surface area contributed by atoms with Gasteiger partial charge in [-0.2, -0.15) is 9.78 Å². The Morgan fingerprint density at radius 2 is 1.92 bits per heavy atom. The van der Waals surface area contributed by atoms with Gasteiger partial charge in [0.2, 0.25) is 0 Å². The van der Waals surface area contributed by atoms with Crippen molar-refractivity contribution in [1.82, 2.24) is 19.7 Å². The van der Waals surface area contributed by atoms with E-state index in [1.807, 2.05) is 31.2 Å². The predicted octanol–water partition coefficient (Wildman–Crippen LogP) is 5.89. The van der Waals surface area contributed by atoms with E-state index in [0.29, 0.717) is 26.7 Å². The van der Waals surface area contributed by atoms with Crippen molar-refractivity contribution >= 4 is 67.3 Å². The van der Waals surface area contributed by atoms with Gasteiger partial charge in [0, 0.05) is 17.3 Å². The quantitative estimate of drug-likeness (QED) is 0.457. The average molecular weight is 411 g/mol. The minimum Gasteiger partial charge on any atom is -0.316 e. The third-order valence-corrected chi connectivity index (χ3v) is 5.06. The van der Waals surface area contributed by atoms with Crippen molar-refractivity contribution in [1.29, 1.82) is 0 Å². The van der Waals surface area contributed by atoms with Crippen LogP contribution < -0.4 is 5.32 Å². The molecule has 0 radical (unpaired) electrons. The van der Waals surface area contributed by atoms with E-state index in [9.17, 15) is 0 Å². The molecular formula is C16H10Cl3N5S. The van der Waals surface area contributed by atoms with Crippen LogP contribution in [0.15, 0.2) is 36.5 Å². The summed E-state index contributed by atoms with van der Waals surface area (Å²) < 4.78 is 2.63. The van der Waals surface area contributed by atoms with E-state index < -0.39 is 0 Å². The van der Waals surface area contributed by atoms with Gasteiger partial charge in [-0.25, -0.2) is 9.97 Å². The molecule has 4 rings (SSSR count). The summed E-state index contributed by atoms with van der Waals surface area (Å²) in [5, 5.41) is 10.0. The SMILES string of the molecule is Cc1cc(Nc2nc3ccc(Cl)cc3s2)n(-c2ncc(Cl)cc2Cl)n1. The highest BCUT2D eigenvalue weighted by atomic mass is 35.5. The lowest BCUT2D eigenvalue weighted by molar-refractivity contribution is 0.839.